The first-order chi connectivity index (χ1) is 18.4. The zero-order valence-electron chi connectivity index (χ0n) is 23.0. The highest BCUT2D eigenvalue weighted by Crippen LogP contribution is 2.62. The topological polar surface area (TPSA) is 34.1 Å². The van der Waals surface area contributed by atoms with Crippen molar-refractivity contribution in [3.05, 3.63) is 70.8 Å². The average molecular weight is 507 g/mol. The van der Waals surface area contributed by atoms with E-state index < -0.39 is 0 Å². The lowest BCUT2D eigenvalue weighted by Gasteiger charge is -2.56. The highest BCUT2D eigenvalue weighted by molar-refractivity contribution is 6.01. The van der Waals surface area contributed by atoms with Gasteiger partial charge in [-0.25, -0.2) is 0 Å². The molecule has 2 nitrogen and oxygen atoms in total. The number of hydrogen-bond donors (Lipinski definition) is 0. The Morgan fingerprint density at radius 3 is 1.05 bits per heavy atom. The molecular formula is C36H42O2. The first-order valence-electron chi connectivity index (χ1n) is 15.7. The molecule has 0 aliphatic heterocycles. The maximum atomic E-state index is 13.7. The van der Waals surface area contributed by atoms with E-state index in [1.807, 2.05) is 0 Å². The van der Waals surface area contributed by atoms with Crippen LogP contribution in [0.2, 0.25) is 0 Å². The molecule has 2 aromatic rings. The lowest BCUT2D eigenvalue weighted by atomic mass is 9.48. The molecule has 8 aliphatic carbocycles. The lowest BCUT2D eigenvalue weighted by Crippen LogP contribution is -2.50. The Labute approximate surface area is 228 Å². The van der Waals surface area contributed by atoms with Gasteiger partial charge in [0.1, 0.15) is 0 Å². The molecule has 0 unspecified atom stereocenters. The molecule has 38 heavy (non-hydrogen) atoms. The van der Waals surface area contributed by atoms with Crippen LogP contribution in [-0.4, -0.2) is 11.6 Å². The highest BCUT2D eigenvalue weighted by atomic mass is 16.1. The van der Waals surface area contributed by atoms with E-state index in [9.17, 15) is 9.59 Å². The maximum absolute atomic E-state index is 13.7. The Kier molecular flexibility index (Phi) is 5.22. The van der Waals surface area contributed by atoms with E-state index in [-0.39, 0.29) is 16.7 Å². The van der Waals surface area contributed by atoms with Crippen LogP contribution in [-0.2, 0) is 0 Å². The summed E-state index contributed by atoms with van der Waals surface area (Å²) in [6, 6.07) is 17.1. The van der Waals surface area contributed by atoms with E-state index >= 15 is 0 Å². The third-order valence-electron chi connectivity index (χ3n) is 12.4. The zero-order chi connectivity index (χ0) is 25.6. The van der Waals surface area contributed by atoms with Crippen molar-refractivity contribution >= 4 is 11.6 Å². The Morgan fingerprint density at radius 1 is 0.526 bits per heavy atom. The van der Waals surface area contributed by atoms with Crippen molar-refractivity contribution < 1.29 is 9.59 Å². The van der Waals surface area contributed by atoms with Gasteiger partial charge < -0.3 is 0 Å². The Balaban J connectivity index is 0.977. The summed E-state index contributed by atoms with van der Waals surface area (Å²) in [4.78, 5) is 27.5. The van der Waals surface area contributed by atoms with E-state index in [0.29, 0.717) is 11.6 Å². The van der Waals surface area contributed by atoms with Gasteiger partial charge in [0.25, 0.3) is 0 Å². The summed E-state index contributed by atoms with van der Waals surface area (Å²) < 4.78 is 0. The molecule has 8 saturated carbocycles. The summed E-state index contributed by atoms with van der Waals surface area (Å²) in [6.07, 6.45) is 15.0. The van der Waals surface area contributed by atoms with Gasteiger partial charge in [-0.05, 0) is 124 Å². The van der Waals surface area contributed by atoms with Gasteiger partial charge in [0.05, 0.1) is 0 Å². The molecule has 2 aromatic carbocycles. The molecule has 0 aromatic heterocycles. The molecule has 8 aliphatic rings. The highest BCUT2D eigenvalue weighted by Gasteiger charge is 2.55. The second kappa shape index (κ2) is 8.39. The summed E-state index contributed by atoms with van der Waals surface area (Å²) >= 11 is 0. The number of carbonyl (C=O) groups is 2. The third-order valence-corrected chi connectivity index (χ3v) is 12.4. The number of rotatable bonds is 6. The Bertz CT molecular complexity index is 1100. The number of Topliss-reactive ketones (excluding diaryl/α,β-unsaturated/α-hetero) is 2. The molecule has 0 N–H and O–H groups in total. The van der Waals surface area contributed by atoms with E-state index in [0.717, 1.165) is 85.2 Å². The van der Waals surface area contributed by atoms with Crippen LogP contribution < -0.4 is 0 Å². The van der Waals surface area contributed by atoms with E-state index in [1.54, 1.807) is 0 Å². The molecule has 2 heteroatoms. The normalized spacial score (nSPS) is 40.9. The summed E-state index contributed by atoms with van der Waals surface area (Å²) in [5.41, 5.74) is 4.18. The van der Waals surface area contributed by atoms with E-state index in [1.165, 1.54) is 49.7 Å². The summed E-state index contributed by atoms with van der Waals surface area (Å²) in [7, 11) is 0. The standard InChI is InChI=1S/C36H42O2/c1-22(29-2-6-31(7-3-29)33(37)35-16-23-10-24(17-35)12-25(11-23)18-35)30-4-8-32(9-5-30)34(38)36-19-26-13-27(20-36)15-28(14-26)21-36/h2-9,22-28H,10-21H2,1H3. The van der Waals surface area contributed by atoms with Crippen LogP contribution in [0.15, 0.2) is 48.5 Å². The fourth-order valence-electron chi connectivity index (χ4n) is 11.4. The molecule has 0 saturated heterocycles. The van der Waals surface area contributed by atoms with Crippen LogP contribution in [0.4, 0.5) is 0 Å². The quantitative estimate of drug-likeness (QED) is 0.367. The van der Waals surface area contributed by atoms with Gasteiger partial charge in [0, 0.05) is 27.9 Å². The van der Waals surface area contributed by atoms with Crippen molar-refractivity contribution in [1.29, 1.82) is 0 Å². The first kappa shape index (κ1) is 23.6. The van der Waals surface area contributed by atoms with Crippen molar-refractivity contribution in [2.75, 3.05) is 0 Å². The van der Waals surface area contributed by atoms with Crippen LogP contribution >= 0.6 is 0 Å². The van der Waals surface area contributed by atoms with Crippen LogP contribution in [0, 0.1) is 46.3 Å². The number of ketones is 2. The molecule has 10 rings (SSSR count). The molecule has 8 fully saturated rings. The predicted octanol–water partition coefficient (Wildman–Crippen LogP) is 8.64. The van der Waals surface area contributed by atoms with Crippen molar-refractivity contribution in [2.45, 2.75) is 89.9 Å². The minimum absolute atomic E-state index is 0.0685. The SMILES string of the molecule is CC(c1ccc(C(=O)C23CC4CC(CC(C4)C2)C3)cc1)c1ccc(C(=O)C23CC4CC(CC(C4)C2)C3)cc1. The van der Waals surface area contributed by atoms with Crippen molar-refractivity contribution in [2.24, 2.45) is 46.3 Å². The van der Waals surface area contributed by atoms with Gasteiger partial charge in [-0.3, -0.25) is 9.59 Å². The van der Waals surface area contributed by atoms with Crippen LogP contribution in [0.25, 0.3) is 0 Å². The number of hydrogen-bond acceptors (Lipinski definition) is 2. The summed E-state index contributed by atoms with van der Waals surface area (Å²) in [5.74, 6) is 5.84. The molecule has 0 heterocycles. The van der Waals surface area contributed by atoms with E-state index in [2.05, 4.69) is 55.5 Å². The second-order valence-corrected chi connectivity index (χ2v) is 15.0. The average Bonchev–Trinajstić information content (AvgIpc) is 2.90. The molecule has 0 spiro atoms. The minimum Gasteiger partial charge on any atom is -0.294 e. The van der Waals surface area contributed by atoms with Gasteiger partial charge in [0.2, 0.25) is 0 Å². The van der Waals surface area contributed by atoms with Gasteiger partial charge in [-0.2, -0.15) is 0 Å². The number of benzene rings is 2. The van der Waals surface area contributed by atoms with Crippen molar-refractivity contribution in [3.63, 3.8) is 0 Å². The van der Waals surface area contributed by atoms with Gasteiger partial charge in [-0.15, -0.1) is 0 Å². The van der Waals surface area contributed by atoms with Gasteiger partial charge in [-0.1, -0.05) is 55.5 Å². The van der Waals surface area contributed by atoms with Gasteiger partial charge >= 0.3 is 0 Å². The first-order valence-corrected chi connectivity index (χ1v) is 15.7. The Morgan fingerprint density at radius 2 is 0.789 bits per heavy atom. The predicted molar refractivity (Wildman–Crippen MR) is 150 cm³/mol. The van der Waals surface area contributed by atoms with E-state index in [4.69, 9.17) is 0 Å². The smallest absolute Gasteiger partial charge is 0.169 e. The largest absolute Gasteiger partial charge is 0.294 e. The van der Waals surface area contributed by atoms with Crippen LogP contribution in [0.5, 0.6) is 0 Å². The maximum Gasteiger partial charge on any atom is 0.169 e. The fraction of sp³-hybridized carbons (Fsp3) is 0.611. The lowest BCUT2D eigenvalue weighted by molar-refractivity contribution is -0.0353. The third kappa shape index (κ3) is 3.65. The zero-order valence-corrected chi connectivity index (χ0v) is 23.0. The summed E-state index contributed by atoms with van der Waals surface area (Å²) in [6.45, 7) is 2.24. The molecule has 8 bridgehead atoms. The van der Waals surface area contributed by atoms with Crippen molar-refractivity contribution in [3.8, 4) is 0 Å². The minimum atomic E-state index is -0.0685. The second-order valence-electron chi connectivity index (χ2n) is 15.0. The van der Waals surface area contributed by atoms with Gasteiger partial charge in [0.15, 0.2) is 11.6 Å². The molecule has 198 valence electrons. The fourth-order valence-corrected chi connectivity index (χ4v) is 11.4. The molecule has 0 atom stereocenters. The van der Waals surface area contributed by atoms with Crippen LogP contribution in [0.1, 0.15) is 122 Å². The molecule has 0 amide bonds. The van der Waals surface area contributed by atoms with Crippen LogP contribution in [0.3, 0.4) is 0 Å². The molecular weight excluding hydrogens is 464 g/mol. The summed E-state index contributed by atoms with van der Waals surface area (Å²) in [5, 5.41) is 0. The molecule has 0 radical (unpaired) electrons. The monoisotopic (exact) mass is 506 g/mol. The number of carbonyl (C=O) groups excluding carboxylic acids is 2. The van der Waals surface area contributed by atoms with Crippen molar-refractivity contribution in [1.82, 2.24) is 0 Å². The Hall–Kier alpha value is -2.22.